The van der Waals surface area contributed by atoms with Crippen molar-refractivity contribution in [3.63, 3.8) is 0 Å². The Balaban J connectivity index is 1.85. The van der Waals surface area contributed by atoms with Gasteiger partial charge in [0.15, 0.2) is 0 Å². The van der Waals surface area contributed by atoms with Gasteiger partial charge in [-0.25, -0.2) is 9.37 Å². The Morgan fingerprint density at radius 1 is 1.62 bits per heavy atom. The van der Waals surface area contributed by atoms with E-state index in [9.17, 15) is 9.18 Å². The lowest BCUT2D eigenvalue weighted by Gasteiger charge is -2.09. The lowest BCUT2D eigenvalue weighted by atomic mass is 10.3. The first-order valence-corrected chi connectivity index (χ1v) is 6.12. The van der Waals surface area contributed by atoms with Crippen molar-refractivity contribution < 1.29 is 9.18 Å². The van der Waals surface area contributed by atoms with Gasteiger partial charge in [-0.05, 0) is 30.9 Å². The highest BCUT2D eigenvalue weighted by Gasteiger charge is 2.29. The summed E-state index contributed by atoms with van der Waals surface area (Å²) < 4.78 is 12.6. The van der Waals surface area contributed by atoms with Crippen LogP contribution in [0.25, 0.3) is 0 Å². The summed E-state index contributed by atoms with van der Waals surface area (Å²) in [7, 11) is 0. The number of hydrogen-bond donors (Lipinski definition) is 1. The number of carbonyl (C=O) groups excluding carboxylic acids is 1. The molecule has 1 saturated carbocycles. The fourth-order valence-electron chi connectivity index (χ4n) is 1.42. The van der Waals surface area contributed by atoms with Crippen LogP contribution in [0.15, 0.2) is 18.3 Å². The number of amides is 1. The van der Waals surface area contributed by atoms with Crippen LogP contribution in [0.3, 0.4) is 0 Å². The van der Waals surface area contributed by atoms with E-state index in [1.54, 1.807) is 0 Å². The molecule has 16 heavy (non-hydrogen) atoms. The topological polar surface area (TPSA) is 42.0 Å². The van der Waals surface area contributed by atoms with Gasteiger partial charge in [0.05, 0.1) is 6.20 Å². The van der Waals surface area contributed by atoms with Crippen LogP contribution >= 0.6 is 15.9 Å². The maximum atomic E-state index is 12.6. The second kappa shape index (κ2) is 4.91. The van der Waals surface area contributed by atoms with Crippen LogP contribution in [0.4, 0.5) is 4.39 Å². The zero-order valence-corrected chi connectivity index (χ0v) is 10.2. The lowest BCUT2D eigenvalue weighted by Crippen LogP contribution is -2.30. The van der Waals surface area contributed by atoms with Crippen LogP contribution in [0.2, 0.25) is 0 Å². The Labute approximate surface area is 102 Å². The van der Waals surface area contributed by atoms with Crippen molar-refractivity contribution >= 4 is 21.8 Å². The third kappa shape index (κ3) is 3.01. The Kier molecular flexibility index (Phi) is 3.53. The summed E-state index contributed by atoms with van der Waals surface area (Å²) in [6.45, 7) is 0.586. The van der Waals surface area contributed by atoms with Crippen molar-refractivity contribution in [2.75, 3.05) is 6.54 Å². The molecule has 1 amide bonds. The summed E-state index contributed by atoms with van der Waals surface area (Å²) >= 11 is 3.52. The van der Waals surface area contributed by atoms with E-state index in [1.165, 1.54) is 25.0 Å². The van der Waals surface area contributed by atoms with Gasteiger partial charge >= 0.3 is 0 Å². The van der Waals surface area contributed by atoms with Gasteiger partial charge in [-0.2, -0.15) is 0 Å². The maximum Gasteiger partial charge on any atom is 0.269 e. The number of hydrogen-bond acceptors (Lipinski definition) is 2. The first kappa shape index (κ1) is 11.5. The normalized spacial score (nSPS) is 16.9. The number of halogens is 2. The average molecular weight is 287 g/mol. The van der Waals surface area contributed by atoms with E-state index in [1.807, 2.05) is 0 Å². The minimum atomic E-state index is -0.437. The van der Waals surface area contributed by atoms with Crippen molar-refractivity contribution in [1.29, 1.82) is 0 Å². The predicted octanol–water partition coefficient (Wildman–Crippen LogP) is 2.12. The van der Waals surface area contributed by atoms with Crippen molar-refractivity contribution in [3.8, 4) is 0 Å². The second-order valence-electron chi connectivity index (χ2n) is 3.93. The maximum absolute atomic E-state index is 12.6. The molecular formula is C11H12BrFN2O. The molecule has 5 heteroatoms. The van der Waals surface area contributed by atoms with Gasteiger partial charge in [-0.15, -0.1) is 0 Å². The van der Waals surface area contributed by atoms with Gasteiger partial charge in [-0.3, -0.25) is 4.79 Å². The molecule has 3 nitrogen and oxygen atoms in total. The van der Waals surface area contributed by atoms with E-state index in [0.717, 1.165) is 6.20 Å². The summed E-state index contributed by atoms with van der Waals surface area (Å²) in [5, 5.41) is 2.77. The van der Waals surface area contributed by atoms with Crippen molar-refractivity contribution in [3.05, 3.63) is 29.8 Å². The minimum Gasteiger partial charge on any atom is -0.350 e. The molecule has 1 unspecified atom stereocenters. The zero-order valence-electron chi connectivity index (χ0n) is 8.62. The molecule has 0 aliphatic heterocycles. The molecule has 0 aromatic carbocycles. The number of nitrogens with zero attached hydrogens (tertiary/aromatic N) is 1. The molecule has 1 N–H and O–H groups in total. The highest BCUT2D eigenvalue weighted by atomic mass is 79.9. The van der Waals surface area contributed by atoms with E-state index in [4.69, 9.17) is 0 Å². The Morgan fingerprint density at radius 2 is 2.38 bits per heavy atom. The van der Waals surface area contributed by atoms with Gasteiger partial charge in [-0.1, -0.05) is 15.9 Å². The first-order valence-electron chi connectivity index (χ1n) is 5.20. The lowest BCUT2D eigenvalue weighted by molar-refractivity contribution is 0.0948. The third-order valence-corrected chi connectivity index (χ3v) is 3.62. The van der Waals surface area contributed by atoms with E-state index in [-0.39, 0.29) is 11.6 Å². The second-order valence-corrected chi connectivity index (χ2v) is 5.10. The quantitative estimate of drug-likeness (QED) is 0.862. The number of pyridine rings is 1. The molecule has 1 aromatic heterocycles. The molecule has 1 fully saturated rings. The molecule has 0 radical (unpaired) electrons. The molecule has 1 heterocycles. The van der Waals surface area contributed by atoms with Gasteiger partial charge in [0, 0.05) is 11.4 Å². The fraction of sp³-hybridized carbons (Fsp3) is 0.455. The summed E-state index contributed by atoms with van der Waals surface area (Å²) in [5.41, 5.74) is 0.247. The largest absolute Gasteiger partial charge is 0.350 e. The average Bonchev–Trinajstić information content (AvgIpc) is 3.10. The van der Waals surface area contributed by atoms with Gasteiger partial charge < -0.3 is 5.32 Å². The fourth-order valence-corrected chi connectivity index (χ4v) is 2.11. The molecule has 0 spiro atoms. The van der Waals surface area contributed by atoms with E-state index >= 15 is 0 Å². The molecule has 86 valence electrons. The highest BCUT2D eigenvalue weighted by Crippen LogP contribution is 2.36. The van der Waals surface area contributed by atoms with Crippen molar-refractivity contribution in [2.24, 2.45) is 5.92 Å². The molecule has 0 saturated heterocycles. The van der Waals surface area contributed by atoms with Crippen LogP contribution in [-0.2, 0) is 0 Å². The molecule has 2 rings (SSSR count). The van der Waals surface area contributed by atoms with E-state index in [0.29, 0.717) is 17.3 Å². The van der Waals surface area contributed by atoms with E-state index in [2.05, 4.69) is 26.2 Å². The van der Waals surface area contributed by atoms with Crippen molar-refractivity contribution in [1.82, 2.24) is 10.3 Å². The molecule has 1 atom stereocenters. The monoisotopic (exact) mass is 286 g/mol. The summed E-state index contributed by atoms with van der Waals surface area (Å²) in [6, 6.07) is 2.61. The van der Waals surface area contributed by atoms with Crippen LogP contribution in [0.1, 0.15) is 23.3 Å². The Bertz CT molecular complexity index is 378. The van der Waals surface area contributed by atoms with Crippen LogP contribution in [0.5, 0.6) is 0 Å². The summed E-state index contributed by atoms with van der Waals surface area (Å²) in [4.78, 5) is 15.6. The Hall–Kier alpha value is -0.970. The Morgan fingerprint density at radius 3 is 2.94 bits per heavy atom. The number of nitrogens with one attached hydrogen (secondary N) is 1. The number of carbonyl (C=O) groups is 1. The van der Waals surface area contributed by atoms with Crippen LogP contribution in [0, 0.1) is 11.7 Å². The summed E-state index contributed by atoms with van der Waals surface area (Å²) in [6.07, 6.45) is 3.49. The molecule has 1 aromatic rings. The predicted molar refractivity (Wildman–Crippen MR) is 62.0 cm³/mol. The van der Waals surface area contributed by atoms with Crippen LogP contribution < -0.4 is 5.32 Å². The minimum absolute atomic E-state index is 0.247. The van der Waals surface area contributed by atoms with Gasteiger partial charge in [0.1, 0.15) is 11.5 Å². The smallest absolute Gasteiger partial charge is 0.269 e. The molecule has 0 bridgehead atoms. The SMILES string of the molecule is O=C(NCC(Br)C1CC1)c1ccc(F)cn1. The molecule has 1 aliphatic carbocycles. The standard InChI is InChI=1S/C11H12BrFN2O/c12-9(7-1-2-7)6-15-11(16)10-4-3-8(13)5-14-10/h3-5,7,9H,1-2,6H2,(H,15,16). The molecular weight excluding hydrogens is 275 g/mol. The van der Waals surface area contributed by atoms with Crippen LogP contribution in [-0.4, -0.2) is 22.3 Å². The van der Waals surface area contributed by atoms with E-state index < -0.39 is 5.82 Å². The molecule has 1 aliphatic rings. The van der Waals surface area contributed by atoms with Gasteiger partial charge in [0.25, 0.3) is 5.91 Å². The van der Waals surface area contributed by atoms with Gasteiger partial charge in [0.2, 0.25) is 0 Å². The summed E-state index contributed by atoms with van der Waals surface area (Å²) in [5.74, 6) is -0.0144. The highest BCUT2D eigenvalue weighted by molar-refractivity contribution is 9.09. The zero-order chi connectivity index (χ0) is 11.5. The third-order valence-electron chi connectivity index (χ3n) is 2.55. The number of aromatic nitrogens is 1. The number of alkyl halides is 1. The number of rotatable bonds is 4. The first-order chi connectivity index (χ1) is 7.66. The van der Waals surface area contributed by atoms with Crippen molar-refractivity contribution in [2.45, 2.75) is 17.7 Å².